The van der Waals surface area contributed by atoms with Gasteiger partial charge in [0.05, 0.1) is 11.1 Å². The van der Waals surface area contributed by atoms with Gasteiger partial charge in [-0.1, -0.05) is 19.9 Å². The largest absolute Gasteiger partial charge is 0.383 e. The molecule has 0 aliphatic heterocycles. The van der Waals surface area contributed by atoms with E-state index in [0.29, 0.717) is 23.5 Å². The molecule has 1 rings (SSSR count). The highest BCUT2D eigenvalue weighted by atomic mass is 79.9. The van der Waals surface area contributed by atoms with Gasteiger partial charge in [-0.15, -0.1) is 0 Å². The highest BCUT2D eigenvalue weighted by Gasteiger charge is 2.20. The Kier molecular flexibility index (Phi) is 7.66. The first-order valence-corrected chi connectivity index (χ1v) is 7.66. The molecule has 0 amide bonds. The summed E-state index contributed by atoms with van der Waals surface area (Å²) in [6.07, 6.45) is 0. The zero-order valence-corrected chi connectivity index (χ0v) is 14.0. The van der Waals surface area contributed by atoms with Gasteiger partial charge in [0.25, 0.3) is 0 Å². The lowest BCUT2D eigenvalue weighted by Gasteiger charge is -2.32. The molecule has 0 spiro atoms. The van der Waals surface area contributed by atoms with Crippen LogP contribution in [0.5, 0.6) is 0 Å². The van der Waals surface area contributed by atoms with E-state index in [1.165, 1.54) is 0 Å². The van der Waals surface area contributed by atoms with Gasteiger partial charge in [0.2, 0.25) is 0 Å². The van der Waals surface area contributed by atoms with Crippen LogP contribution in [0.15, 0.2) is 22.7 Å². The van der Waals surface area contributed by atoms with Gasteiger partial charge in [0.1, 0.15) is 5.82 Å². The van der Waals surface area contributed by atoms with Crippen LogP contribution in [-0.2, 0) is 4.74 Å². The van der Waals surface area contributed by atoms with E-state index in [0.717, 1.165) is 18.7 Å². The van der Waals surface area contributed by atoms with E-state index < -0.39 is 0 Å². The maximum atomic E-state index is 13.7. The summed E-state index contributed by atoms with van der Waals surface area (Å²) >= 11 is 3.18. The van der Waals surface area contributed by atoms with Gasteiger partial charge in [0.15, 0.2) is 0 Å². The van der Waals surface area contributed by atoms with Crippen molar-refractivity contribution in [1.82, 2.24) is 4.90 Å². The summed E-state index contributed by atoms with van der Waals surface area (Å²) in [4.78, 5) is 2.26. The molecule has 0 aromatic heterocycles. The van der Waals surface area contributed by atoms with E-state index >= 15 is 0 Å². The molecule has 0 aliphatic carbocycles. The second-order valence-electron chi connectivity index (χ2n) is 5.31. The van der Waals surface area contributed by atoms with Crippen LogP contribution in [0.1, 0.15) is 25.5 Å². The number of hydrogen-bond acceptors (Lipinski definition) is 3. The van der Waals surface area contributed by atoms with Crippen molar-refractivity contribution in [3.8, 4) is 0 Å². The third kappa shape index (κ3) is 5.13. The van der Waals surface area contributed by atoms with Gasteiger partial charge in [-0.2, -0.15) is 0 Å². The first-order chi connectivity index (χ1) is 9.49. The Morgan fingerprint density at radius 2 is 2.10 bits per heavy atom. The number of rotatable bonds is 8. The Morgan fingerprint density at radius 1 is 1.40 bits per heavy atom. The summed E-state index contributed by atoms with van der Waals surface area (Å²) in [6, 6.07) is 5.22. The van der Waals surface area contributed by atoms with Crippen molar-refractivity contribution in [1.29, 1.82) is 0 Å². The lowest BCUT2D eigenvalue weighted by Crippen LogP contribution is -2.38. The van der Waals surface area contributed by atoms with E-state index in [1.807, 2.05) is 6.07 Å². The van der Waals surface area contributed by atoms with Gasteiger partial charge >= 0.3 is 0 Å². The van der Waals surface area contributed by atoms with E-state index in [9.17, 15) is 4.39 Å². The molecule has 1 atom stereocenters. The standard InChI is InChI=1S/C15H24BrFN2O/c1-11(2)10-19(6-7-20-3)15(9-18)12-4-5-13(16)14(17)8-12/h4-5,8,11,15H,6-7,9-10,18H2,1-3H3. The van der Waals surface area contributed by atoms with Crippen LogP contribution in [0.2, 0.25) is 0 Å². The van der Waals surface area contributed by atoms with Crippen molar-refractivity contribution >= 4 is 15.9 Å². The van der Waals surface area contributed by atoms with Crippen molar-refractivity contribution in [2.45, 2.75) is 19.9 Å². The molecule has 0 bridgehead atoms. The molecule has 1 aromatic carbocycles. The Balaban J connectivity index is 2.94. The van der Waals surface area contributed by atoms with Gasteiger partial charge < -0.3 is 10.5 Å². The molecule has 114 valence electrons. The molecule has 3 nitrogen and oxygen atoms in total. The quantitative estimate of drug-likeness (QED) is 0.785. The van der Waals surface area contributed by atoms with E-state index in [-0.39, 0.29) is 11.9 Å². The Bertz CT molecular complexity index is 415. The summed E-state index contributed by atoms with van der Waals surface area (Å²) in [5.74, 6) is 0.262. The smallest absolute Gasteiger partial charge is 0.137 e. The molecule has 0 saturated heterocycles. The molecular formula is C15H24BrFN2O. The van der Waals surface area contributed by atoms with E-state index in [2.05, 4.69) is 34.7 Å². The van der Waals surface area contributed by atoms with Crippen LogP contribution in [0.25, 0.3) is 0 Å². The minimum Gasteiger partial charge on any atom is -0.383 e. The normalized spacial score (nSPS) is 13.2. The van der Waals surface area contributed by atoms with Crippen LogP contribution in [-0.4, -0.2) is 38.3 Å². The third-order valence-electron chi connectivity index (χ3n) is 3.17. The van der Waals surface area contributed by atoms with Crippen molar-refractivity contribution in [3.63, 3.8) is 0 Å². The molecule has 0 fully saturated rings. The highest BCUT2D eigenvalue weighted by Crippen LogP contribution is 2.25. The summed E-state index contributed by atoms with van der Waals surface area (Å²) in [6.45, 7) is 7.11. The second kappa shape index (κ2) is 8.72. The summed E-state index contributed by atoms with van der Waals surface area (Å²) in [5.41, 5.74) is 6.83. The number of ether oxygens (including phenoxy) is 1. The number of nitrogens with two attached hydrogens (primary N) is 1. The Morgan fingerprint density at radius 3 is 2.60 bits per heavy atom. The monoisotopic (exact) mass is 346 g/mol. The molecule has 0 aliphatic rings. The first-order valence-electron chi connectivity index (χ1n) is 6.87. The summed E-state index contributed by atoms with van der Waals surface area (Å²) in [5, 5.41) is 0. The average molecular weight is 347 g/mol. The van der Waals surface area contributed by atoms with Gasteiger partial charge in [0, 0.05) is 32.8 Å². The zero-order valence-electron chi connectivity index (χ0n) is 12.4. The molecule has 1 aromatic rings. The fraction of sp³-hybridized carbons (Fsp3) is 0.600. The summed E-state index contributed by atoms with van der Waals surface area (Å²) in [7, 11) is 1.68. The Labute approximate surface area is 129 Å². The van der Waals surface area contributed by atoms with E-state index in [1.54, 1.807) is 19.2 Å². The maximum absolute atomic E-state index is 13.7. The average Bonchev–Trinajstić information content (AvgIpc) is 2.40. The predicted octanol–water partition coefficient (Wildman–Crippen LogP) is 3.19. The fourth-order valence-electron chi connectivity index (χ4n) is 2.27. The highest BCUT2D eigenvalue weighted by molar-refractivity contribution is 9.10. The molecule has 5 heteroatoms. The minimum atomic E-state index is -0.253. The van der Waals surface area contributed by atoms with E-state index in [4.69, 9.17) is 10.5 Å². The number of halogens is 2. The van der Waals surface area contributed by atoms with Crippen LogP contribution in [0.4, 0.5) is 4.39 Å². The van der Waals surface area contributed by atoms with Crippen molar-refractivity contribution < 1.29 is 9.13 Å². The molecule has 2 N–H and O–H groups in total. The lowest BCUT2D eigenvalue weighted by atomic mass is 10.0. The molecule has 20 heavy (non-hydrogen) atoms. The second-order valence-corrected chi connectivity index (χ2v) is 6.16. The predicted molar refractivity (Wildman–Crippen MR) is 84.2 cm³/mol. The van der Waals surface area contributed by atoms with Gasteiger partial charge in [-0.25, -0.2) is 4.39 Å². The number of benzene rings is 1. The maximum Gasteiger partial charge on any atom is 0.137 e. The molecular weight excluding hydrogens is 323 g/mol. The van der Waals surface area contributed by atoms with Gasteiger partial charge in [-0.05, 0) is 39.5 Å². The Hall–Kier alpha value is -0.490. The number of methoxy groups -OCH3 is 1. The third-order valence-corrected chi connectivity index (χ3v) is 3.82. The van der Waals surface area contributed by atoms with Crippen LogP contribution < -0.4 is 5.73 Å². The minimum absolute atomic E-state index is 0.00940. The zero-order chi connectivity index (χ0) is 15.1. The SMILES string of the molecule is COCCN(CC(C)C)C(CN)c1ccc(Br)c(F)c1. The van der Waals surface area contributed by atoms with Crippen molar-refractivity contribution in [2.24, 2.45) is 11.7 Å². The lowest BCUT2D eigenvalue weighted by molar-refractivity contribution is 0.112. The molecule has 0 heterocycles. The summed E-state index contributed by atoms with van der Waals surface area (Å²) < 4.78 is 19.4. The molecule has 0 saturated carbocycles. The number of hydrogen-bond donors (Lipinski definition) is 1. The van der Waals surface area contributed by atoms with Gasteiger partial charge in [-0.3, -0.25) is 4.90 Å². The van der Waals surface area contributed by atoms with Crippen molar-refractivity contribution in [2.75, 3.05) is 33.4 Å². The first kappa shape index (κ1) is 17.6. The van der Waals surface area contributed by atoms with Crippen LogP contribution >= 0.6 is 15.9 Å². The van der Waals surface area contributed by atoms with Crippen LogP contribution in [0.3, 0.4) is 0 Å². The fourth-order valence-corrected chi connectivity index (χ4v) is 2.51. The topological polar surface area (TPSA) is 38.5 Å². The molecule has 1 unspecified atom stereocenters. The van der Waals surface area contributed by atoms with Crippen LogP contribution in [0, 0.1) is 11.7 Å². The van der Waals surface area contributed by atoms with Crippen molar-refractivity contribution in [3.05, 3.63) is 34.1 Å². The number of nitrogens with zero attached hydrogens (tertiary/aromatic N) is 1. The molecule has 0 radical (unpaired) electrons.